The first-order chi connectivity index (χ1) is 8.13. The molecule has 2 unspecified atom stereocenters. The third kappa shape index (κ3) is 2.80. The zero-order valence-corrected chi connectivity index (χ0v) is 10.7. The monoisotopic (exact) mass is 240 g/mol. The van der Waals surface area contributed by atoms with Gasteiger partial charge in [0.15, 0.2) is 0 Å². The number of nitrogens with one attached hydrogen (secondary N) is 1. The van der Waals surface area contributed by atoms with Crippen LogP contribution in [0.5, 0.6) is 0 Å². The molecule has 0 aromatic heterocycles. The van der Waals surface area contributed by atoms with Gasteiger partial charge >= 0.3 is 0 Å². The summed E-state index contributed by atoms with van der Waals surface area (Å²) in [5.74, 6) is 0.0781. The van der Waals surface area contributed by atoms with E-state index in [0.29, 0.717) is 19.3 Å². The van der Waals surface area contributed by atoms with Gasteiger partial charge in [0.25, 0.3) is 0 Å². The topological polar surface area (TPSA) is 64.3 Å². The van der Waals surface area contributed by atoms with Gasteiger partial charge in [-0.3, -0.25) is 4.79 Å². The molecule has 1 heterocycles. The van der Waals surface area contributed by atoms with Gasteiger partial charge in [-0.05, 0) is 19.8 Å². The lowest BCUT2D eigenvalue weighted by Crippen LogP contribution is -2.52. The van der Waals surface area contributed by atoms with Crippen molar-refractivity contribution in [2.24, 2.45) is 11.1 Å². The molecule has 2 aliphatic rings. The van der Waals surface area contributed by atoms with Crippen molar-refractivity contribution in [1.29, 1.82) is 0 Å². The van der Waals surface area contributed by atoms with Crippen LogP contribution >= 0.6 is 0 Å². The highest BCUT2D eigenvalue weighted by molar-refractivity contribution is 5.83. The molecule has 0 bridgehead atoms. The molecule has 1 aliphatic heterocycles. The van der Waals surface area contributed by atoms with Crippen molar-refractivity contribution in [3.8, 4) is 0 Å². The van der Waals surface area contributed by atoms with E-state index >= 15 is 0 Å². The highest BCUT2D eigenvalue weighted by Crippen LogP contribution is 2.28. The number of carbonyl (C=O) groups is 1. The van der Waals surface area contributed by atoms with Crippen LogP contribution in [0.1, 0.15) is 45.4 Å². The number of ether oxygens (including phenoxy) is 1. The van der Waals surface area contributed by atoms with Crippen LogP contribution in [0.3, 0.4) is 0 Å². The second-order valence-electron chi connectivity index (χ2n) is 5.70. The third-order valence-electron chi connectivity index (χ3n) is 4.23. The van der Waals surface area contributed by atoms with Crippen LogP contribution in [0.4, 0.5) is 0 Å². The average molecular weight is 240 g/mol. The number of rotatable bonds is 2. The largest absolute Gasteiger partial charge is 0.379 e. The van der Waals surface area contributed by atoms with Crippen LogP contribution in [0, 0.1) is 5.41 Å². The predicted molar refractivity (Wildman–Crippen MR) is 66.5 cm³/mol. The maximum atomic E-state index is 12.3. The molecule has 0 aromatic rings. The normalized spacial score (nSPS) is 35.5. The number of carbonyl (C=O) groups excluding carboxylic acids is 1. The summed E-state index contributed by atoms with van der Waals surface area (Å²) in [6, 6.07) is 0.169. The van der Waals surface area contributed by atoms with E-state index in [2.05, 4.69) is 5.32 Å². The maximum absolute atomic E-state index is 12.3. The van der Waals surface area contributed by atoms with Crippen molar-refractivity contribution < 1.29 is 9.53 Å². The Morgan fingerprint density at radius 1 is 1.29 bits per heavy atom. The molecule has 0 spiro atoms. The van der Waals surface area contributed by atoms with Crippen molar-refractivity contribution in [3.63, 3.8) is 0 Å². The van der Waals surface area contributed by atoms with Crippen molar-refractivity contribution >= 4 is 5.91 Å². The van der Waals surface area contributed by atoms with Crippen LogP contribution in [0.2, 0.25) is 0 Å². The van der Waals surface area contributed by atoms with Crippen LogP contribution < -0.4 is 11.1 Å². The Labute approximate surface area is 103 Å². The standard InChI is InChI=1S/C13H24N2O2/c1-13(9-17-8-11(13)14)12(16)15-10-6-4-2-3-5-7-10/h10-11H,2-9,14H2,1H3,(H,15,16). The number of hydrogen-bond acceptors (Lipinski definition) is 3. The lowest BCUT2D eigenvalue weighted by molar-refractivity contribution is -0.131. The summed E-state index contributed by atoms with van der Waals surface area (Å²) in [6.07, 6.45) is 7.27. The Morgan fingerprint density at radius 2 is 1.94 bits per heavy atom. The van der Waals surface area contributed by atoms with Gasteiger partial charge in [-0.15, -0.1) is 0 Å². The van der Waals surface area contributed by atoms with Crippen molar-refractivity contribution in [2.75, 3.05) is 13.2 Å². The molecule has 1 saturated carbocycles. The van der Waals surface area contributed by atoms with Crippen LogP contribution in [-0.2, 0) is 9.53 Å². The van der Waals surface area contributed by atoms with Gasteiger partial charge in [0.05, 0.1) is 18.6 Å². The van der Waals surface area contributed by atoms with Gasteiger partial charge < -0.3 is 15.8 Å². The number of amides is 1. The second kappa shape index (κ2) is 5.36. The van der Waals surface area contributed by atoms with Crippen molar-refractivity contribution in [2.45, 2.75) is 57.5 Å². The molecule has 3 N–H and O–H groups in total. The Morgan fingerprint density at radius 3 is 2.47 bits per heavy atom. The van der Waals surface area contributed by atoms with E-state index in [0.717, 1.165) is 12.8 Å². The predicted octanol–water partition coefficient (Wildman–Crippen LogP) is 1.19. The van der Waals surface area contributed by atoms with Crippen LogP contribution in [-0.4, -0.2) is 31.2 Å². The van der Waals surface area contributed by atoms with Gasteiger partial charge in [-0.25, -0.2) is 0 Å². The molecule has 0 aromatic carbocycles. The smallest absolute Gasteiger partial charge is 0.230 e. The second-order valence-corrected chi connectivity index (χ2v) is 5.70. The minimum absolute atomic E-state index is 0.0781. The molecular weight excluding hydrogens is 216 g/mol. The van der Waals surface area contributed by atoms with E-state index in [1.165, 1.54) is 25.7 Å². The Balaban J connectivity index is 1.91. The van der Waals surface area contributed by atoms with E-state index < -0.39 is 5.41 Å². The zero-order chi connectivity index (χ0) is 12.3. The molecule has 2 atom stereocenters. The summed E-state index contributed by atoms with van der Waals surface area (Å²) in [7, 11) is 0. The number of nitrogens with two attached hydrogens (primary N) is 1. The minimum atomic E-state index is -0.535. The van der Waals surface area contributed by atoms with E-state index in [-0.39, 0.29) is 11.9 Å². The molecule has 0 radical (unpaired) electrons. The van der Waals surface area contributed by atoms with Crippen molar-refractivity contribution in [1.82, 2.24) is 5.32 Å². The molecule has 17 heavy (non-hydrogen) atoms. The Bertz CT molecular complexity index is 275. The highest BCUT2D eigenvalue weighted by atomic mass is 16.5. The summed E-state index contributed by atoms with van der Waals surface area (Å²) in [5.41, 5.74) is 5.43. The summed E-state index contributed by atoms with van der Waals surface area (Å²) in [4.78, 5) is 12.3. The summed E-state index contributed by atoms with van der Waals surface area (Å²) >= 11 is 0. The number of hydrogen-bond donors (Lipinski definition) is 2. The SMILES string of the molecule is CC1(C(=O)NC2CCCCCC2)COCC1N. The molecule has 1 aliphatic carbocycles. The van der Waals surface area contributed by atoms with Crippen molar-refractivity contribution in [3.05, 3.63) is 0 Å². The third-order valence-corrected chi connectivity index (χ3v) is 4.23. The Hall–Kier alpha value is -0.610. The maximum Gasteiger partial charge on any atom is 0.230 e. The van der Waals surface area contributed by atoms with E-state index in [4.69, 9.17) is 10.5 Å². The summed E-state index contributed by atoms with van der Waals surface area (Å²) in [5, 5.41) is 3.17. The first-order valence-corrected chi connectivity index (χ1v) is 6.77. The fourth-order valence-corrected chi connectivity index (χ4v) is 2.70. The first kappa shape index (κ1) is 12.8. The fourth-order valence-electron chi connectivity index (χ4n) is 2.70. The average Bonchev–Trinajstić information content (AvgIpc) is 2.55. The van der Waals surface area contributed by atoms with Gasteiger partial charge in [0.2, 0.25) is 5.91 Å². The highest BCUT2D eigenvalue weighted by Gasteiger charge is 2.44. The molecule has 4 heteroatoms. The lowest BCUT2D eigenvalue weighted by atomic mass is 9.84. The summed E-state index contributed by atoms with van der Waals surface area (Å²) < 4.78 is 5.32. The molecule has 1 saturated heterocycles. The molecule has 4 nitrogen and oxygen atoms in total. The minimum Gasteiger partial charge on any atom is -0.379 e. The summed E-state index contributed by atoms with van der Waals surface area (Å²) in [6.45, 7) is 2.86. The van der Waals surface area contributed by atoms with E-state index in [1.807, 2.05) is 6.92 Å². The van der Waals surface area contributed by atoms with Gasteiger partial charge in [-0.1, -0.05) is 25.7 Å². The Kier molecular flexibility index (Phi) is 4.05. The molecule has 2 rings (SSSR count). The van der Waals surface area contributed by atoms with Crippen LogP contribution in [0.25, 0.3) is 0 Å². The van der Waals surface area contributed by atoms with E-state index in [9.17, 15) is 4.79 Å². The quantitative estimate of drug-likeness (QED) is 0.713. The van der Waals surface area contributed by atoms with E-state index in [1.54, 1.807) is 0 Å². The first-order valence-electron chi connectivity index (χ1n) is 6.77. The van der Waals surface area contributed by atoms with Crippen LogP contribution in [0.15, 0.2) is 0 Å². The molecule has 98 valence electrons. The van der Waals surface area contributed by atoms with Gasteiger partial charge in [0, 0.05) is 12.1 Å². The lowest BCUT2D eigenvalue weighted by Gasteiger charge is -2.28. The zero-order valence-electron chi connectivity index (χ0n) is 10.7. The molecular formula is C13H24N2O2. The van der Waals surface area contributed by atoms with Gasteiger partial charge in [-0.2, -0.15) is 0 Å². The molecule has 2 fully saturated rings. The van der Waals surface area contributed by atoms with Gasteiger partial charge in [0.1, 0.15) is 0 Å². The molecule has 1 amide bonds. The fraction of sp³-hybridized carbons (Fsp3) is 0.923.